The monoisotopic (exact) mass is 224 g/mol. The maximum atomic E-state index is 11.6. The van der Waals surface area contributed by atoms with Crippen molar-refractivity contribution in [3.8, 4) is 0 Å². The molecule has 1 aromatic carbocycles. The number of pyridine rings is 1. The van der Waals surface area contributed by atoms with Crippen LogP contribution in [0.3, 0.4) is 0 Å². The van der Waals surface area contributed by atoms with E-state index in [9.17, 15) is 4.79 Å². The third-order valence-corrected chi connectivity index (χ3v) is 2.13. The van der Waals surface area contributed by atoms with E-state index in [1.165, 1.54) is 6.08 Å². The summed E-state index contributed by atoms with van der Waals surface area (Å²) in [7, 11) is 0. The minimum absolute atomic E-state index is 0.165. The molecule has 0 unspecified atom stereocenters. The predicted molar refractivity (Wildman–Crippen MR) is 68.3 cm³/mol. The SMILES string of the molecule is O=C(/C=C/c1ccccn1)Nc1ccccc1. The molecular formula is C14H12N2O. The van der Waals surface area contributed by atoms with Gasteiger partial charge in [0, 0.05) is 18.0 Å². The number of hydrogen-bond acceptors (Lipinski definition) is 2. The second-order valence-electron chi connectivity index (χ2n) is 3.44. The topological polar surface area (TPSA) is 42.0 Å². The predicted octanol–water partition coefficient (Wildman–Crippen LogP) is 2.73. The molecule has 0 radical (unpaired) electrons. The summed E-state index contributed by atoms with van der Waals surface area (Å²) in [5, 5.41) is 2.76. The molecule has 0 bridgehead atoms. The van der Waals surface area contributed by atoms with E-state index in [0.717, 1.165) is 11.4 Å². The molecule has 1 N–H and O–H groups in total. The van der Waals surface area contributed by atoms with Gasteiger partial charge in [-0.3, -0.25) is 9.78 Å². The van der Waals surface area contributed by atoms with Crippen molar-refractivity contribution in [1.82, 2.24) is 4.98 Å². The van der Waals surface area contributed by atoms with Gasteiger partial charge in [-0.05, 0) is 30.3 Å². The largest absolute Gasteiger partial charge is 0.323 e. The highest BCUT2D eigenvalue weighted by Gasteiger charge is 1.96. The Labute approximate surface area is 99.8 Å². The first-order chi connectivity index (χ1) is 8.34. The molecule has 0 aliphatic heterocycles. The van der Waals surface area contributed by atoms with Crippen molar-refractivity contribution < 1.29 is 4.79 Å². The summed E-state index contributed by atoms with van der Waals surface area (Å²) in [6.07, 6.45) is 4.84. The lowest BCUT2D eigenvalue weighted by molar-refractivity contribution is -0.111. The average Bonchev–Trinajstić information content (AvgIpc) is 2.39. The number of nitrogens with one attached hydrogen (secondary N) is 1. The molecule has 0 fully saturated rings. The number of aromatic nitrogens is 1. The molecule has 3 heteroatoms. The maximum Gasteiger partial charge on any atom is 0.248 e. The Morgan fingerprint density at radius 2 is 1.82 bits per heavy atom. The average molecular weight is 224 g/mol. The van der Waals surface area contributed by atoms with Gasteiger partial charge in [0.1, 0.15) is 0 Å². The number of nitrogens with zero attached hydrogens (tertiary/aromatic N) is 1. The molecule has 1 amide bonds. The Morgan fingerprint density at radius 3 is 2.53 bits per heavy atom. The Morgan fingerprint density at radius 1 is 1.06 bits per heavy atom. The fourth-order valence-electron chi connectivity index (χ4n) is 1.34. The summed E-state index contributed by atoms with van der Waals surface area (Å²) in [6, 6.07) is 14.9. The molecule has 0 aliphatic rings. The third-order valence-electron chi connectivity index (χ3n) is 2.13. The number of amides is 1. The van der Waals surface area contributed by atoms with Crippen LogP contribution in [-0.2, 0) is 4.79 Å². The maximum absolute atomic E-state index is 11.6. The quantitative estimate of drug-likeness (QED) is 0.814. The molecule has 17 heavy (non-hydrogen) atoms. The van der Waals surface area contributed by atoms with Crippen molar-refractivity contribution in [1.29, 1.82) is 0 Å². The fourth-order valence-corrected chi connectivity index (χ4v) is 1.34. The van der Waals surface area contributed by atoms with E-state index in [4.69, 9.17) is 0 Å². The third kappa shape index (κ3) is 3.57. The van der Waals surface area contributed by atoms with E-state index < -0.39 is 0 Å². The molecule has 0 atom stereocenters. The van der Waals surface area contributed by atoms with Crippen molar-refractivity contribution >= 4 is 17.7 Å². The van der Waals surface area contributed by atoms with Gasteiger partial charge in [-0.25, -0.2) is 0 Å². The highest BCUT2D eigenvalue weighted by molar-refractivity contribution is 6.01. The molecule has 0 aliphatic carbocycles. The van der Waals surface area contributed by atoms with Crippen LogP contribution in [-0.4, -0.2) is 10.9 Å². The molecule has 2 rings (SSSR count). The summed E-state index contributed by atoms with van der Waals surface area (Å²) in [6.45, 7) is 0. The van der Waals surface area contributed by atoms with Crippen LogP contribution in [0.5, 0.6) is 0 Å². The van der Waals surface area contributed by atoms with Gasteiger partial charge in [0.2, 0.25) is 5.91 Å². The van der Waals surface area contributed by atoms with Crippen molar-refractivity contribution in [2.24, 2.45) is 0 Å². The van der Waals surface area contributed by atoms with Crippen molar-refractivity contribution in [3.63, 3.8) is 0 Å². The summed E-state index contributed by atoms with van der Waals surface area (Å²) in [5.74, 6) is -0.165. The number of hydrogen-bond donors (Lipinski definition) is 1. The van der Waals surface area contributed by atoms with Crippen molar-refractivity contribution in [3.05, 3.63) is 66.5 Å². The summed E-state index contributed by atoms with van der Waals surface area (Å²) in [5.41, 5.74) is 1.54. The lowest BCUT2D eigenvalue weighted by Crippen LogP contribution is -2.07. The lowest BCUT2D eigenvalue weighted by atomic mass is 10.3. The van der Waals surface area contributed by atoms with Crippen molar-refractivity contribution in [2.45, 2.75) is 0 Å². The van der Waals surface area contributed by atoms with E-state index >= 15 is 0 Å². The Bertz CT molecular complexity index is 506. The number of anilines is 1. The highest BCUT2D eigenvalue weighted by Crippen LogP contribution is 2.05. The van der Waals surface area contributed by atoms with E-state index in [0.29, 0.717) is 0 Å². The fraction of sp³-hybridized carbons (Fsp3) is 0. The van der Waals surface area contributed by atoms with Crippen LogP contribution < -0.4 is 5.32 Å². The van der Waals surface area contributed by atoms with Crippen LogP contribution >= 0.6 is 0 Å². The van der Waals surface area contributed by atoms with Crippen LogP contribution in [0.4, 0.5) is 5.69 Å². The standard InChI is InChI=1S/C14H12N2O/c17-14(16-13-7-2-1-3-8-13)10-9-12-6-4-5-11-15-12/h1-11H,(H,16,17)/b10-9+. The lowest BCUT2D eigenvalue weighted by Gasteiger charge is -2.00. The van der Waals surface area contributed by atoms with Gasteiger partial charge in [-0.2, -0.15) is 0 Å². The van der Waals surface area contributed by atoms with E-state index in [2.05, 4.69) is 10.3 Å². The minimum Gasteiger partial charge on any atom is -0.323 e. The van der Waals surface area contributed by atoms with E-state index in [-0.39, 0.29) is 5.91 Å². The number of benzene rings is 1. The normalized spacial score (nSPS) is 10.4. The number of carbonyl (C=O) groups excluding carboxylic acids is 1. The number of rotatable bonds is 3. The van der Waals surface area contributed by atoms with Gasteiger partial charge in [0.15, 0.2) is 0 Å². The number of para-hydroxylation sites is 1. The van der Waals surface area contributed by atoms with Crippen LogP contribution in [0, 0.1) is 0 Å². The molecule has 1 aromatic heterocycles. The minimum atomic E-state index is -0.165. The van der Waals surface area contributed by atoms with Gasteiger partial charge < -0.3 is 5.32 Å². The van der Waals surface area contributed by atoms with Gasteiger partial charge in [-0.15, -0.1) is 0 Å². The summed E-state index contributed by atoms with van der Waals surface area (Å²) >= 11 is 0. The molecule has 1 heterocycles. The second-order valence-corrected chi connectivity index (χ2v) is 3.44. The Kier molecular flexibility index (Phi) is 3.65. The Balaban J connectivity index is 1.96. The van der Waals surface area contributed by atoms with Crippen molar-refractivity contribution in [2.75, 3.05) is 5.32 Å². The zero-order valence-electron chi connectivity index (χ0n) is 9.21. The first kappa shape index (κ1) is 11.1. The summed E-state index contributed by atoms with van der Waals surface area (Å²) in [4.78, 5) is 15.7. The first-order valence-electron chi connectivity index (χ1n) is 5.30. The molecule has 0 saturated carbocycles. The molecular weight excluding hydrogens is 212 g/mol. The first-order valence-corrected chi connectivity index (χ1v) is 5.30. The highest BCUT2D eigenvalue weighted by atomic mass is 16.1. The van der Waals surface area contributed by atoms with Crippen LogP contribution in [0.2, 0.25) is 0 Å². The zero-order valence-corrected chi connectivity index (χ0v) is 9.21. The van der Waals surface area contributed by atoms with Crippen LogP contribution in [0.25, 0.3) is 6.08 Å². The van der Waals surface area contributed by atoms with Gasteiger partial charge in [0.25, 0.3) is 0 Å². The van der Waals surface area contributed by atoms with Gasteiger partial charge in [-0.1, -0.05) is 24.3 Å². The summed E-state index contributed by atoms with van der Waals surface area (Å²) < 4.78 is 0. The molecule has 0 saturated heterocycles. The smallest absolute Gasteiger partial charge is 0.248 e. The molecule has 2 aromatic rings. The van der Waals surface area contributed by atoms with Gasteiger partial charge in [0.05, 0.1) is 5.69 Å². The van der Waals surface area contributed by atoms with E-state index in [1.807, 2.05) is 48.5 Å². The molecule has 0 spiro atoms. The van der Waals surface area contributed by atoms with Gasteiger partial charge >= 0.3 is 0 Å². The van der Waals surface area contributed by atoms with Crippen LogP contribution in [0.15, 0.2) is 60.8 Å². The number of carbonyl (C=O) groups is 1. The van der Waals surface area contributed by atoms with E-state index in [1.54, 1.807) is 12.3 Å². The molecule has 84 valence electrons. The molecule has 3 nitrogen and oxygen atoms in total. The second kappa shape index (κ2) is 5.61. The zero-order chi connectivity index (χ0) is 11.9. The van der Waals surface area contributed by atoms with Crippen LogP contribution in [0.1, 0.15) is 5.69 Å². The Hall–Kier alpha value is -2.42.